The lowest BCUT2D eigenvalue weighted by atomic mass is 9.69. The van der Waals surface area contributed by atoms with Gasteiger partial charge in [-0.3, -0.25) is 14.4 Å². The molecule has 0 spiro atoms. The molecule has 1 fully saturated rings. The van der Waals surface area contributed by atoms with E-state index in [1.54, 1.807) is 14.2 Å². The van der Waals surface area contributed by atoms with E-state index in [2.05, 4.69) is 33.8 Å². The molecule has 2 aliphatic rings. The average Bonchev–Trinajstić information content (AvgIpc) is 3.19. The molecule has 1 unspecified atom stereocenters. The summed E-state index contributed by atoms with van der Waals surface area (Å²) in [7, 11) is 7.74. The summed E-state index contributed by atoms with van der Waals surface area (Å²) in [5, 5.41) is 8.35. The summed E-state index contributed by atoms with van der Waals surface area (Å²) in [5.74, 6) is 0.817. The molecule has 34 heavy (non-hydrogen) atoms. The normalized spacial score (nSPS) is 19.4. The summed E-state index contributed by atoms with van der Waals surface area (Å²) < 4.78 is 13.4. The highest BCUT2D eigenvalue weighted by Crippen LogP contribution is 2.45. The molecule has 1 amide bonds. The number of aromatic nitrogens is 2. The minimum Gasteiger partial charge on any atom is -0.384 e. The van der Waals surface area contributed by atoms with Gasteiger partial charge in [-0.25, -0.2) is 0 Å². The van der Waals surface area contributed by atoms with Crippen LogP contribution >= 0.6 is 0 Å². The van der Waals surface area contributed by atoms with Gasteiger partial charge in [0, 0.05) is 57.3 Å². The molecule has 0 saturated heterocycles. The van der Waals surface area contributed by atoms with E-state index in [-0.39, 0.29) is 17.2 Å². The summed E-state index contributed by atoms with van der Waals surface area (Å²) in [6.07, 6.45) is 5.28. The van der Waals surface area contributed by atoms with E-state index in [0.717, 1.165) is 78.0 Å². The van der Waals surface area contributed by atoms with Gasteiger partial charge in [0.15, 0.2) is 0 Å². The second kappa shape index (κ2) is 12.5. The number of fused-ring (bicyclic) bond motifs is 1. The van der Waals surface area contributed by atoms with Crippen molar-refractivity contribution >= 4 is 5.91 Å². The highest BCUT2D eigenvalue weighted by Gasteiger charge is 2.39. The monoisotopic (exact) mass is 477 g/mol. The number of amides is 1. The summed E-state index contributed by atoms with van der Waals surface area (Å²) in [6.45, 7) is 10.6. The van der Waals surface area contributed by atoms with E-state index in [4.69, 9.17) is 14.6 Å². The third kappa shape index (κ3) is 6.20. The predicted octanol–water partition coefficient (Wildman–Crippen LogP) is 2.86. The van der Waals surface area contributed by atoms with Crippen LogP contribution in [0.2, 0.25) is 0 Å². The second-order valence-corrected chi connectivity index (χ2v) is 10.6. The molecule has 1 aromatic heterocycles. The van der Waals surface area contributed by atoms with Crippen LogP contribution in [0.25, 0.3) is 0 Å². The Morgan fingerprint density at radius 2 is 1.91 bits per heavy atom. The summed E-state index contributed by atoms with van der Waals surface area (Å²) in [6, 6.07) is 0. The lowest BCUT2D eigenvalue weighted by molar-refractivity contribution is -0.136. The minimum atomic E-state index is 0.0726. The van der Waals surface area contributed by atoms with Gasteiger partial charge in [-0.05, 0) is 52.1 Å². The van der Waals surface area contributed by atoms with Gasteiger partial charge in [0.25, 0.3) is 0 Å². The summed E-state index contributed by atoms with van der Waals surface area (Å²) in [5.41, 5.74) is 3.97. The topological polar surface area (TPSA) is 71.9 Å². The van der Waals surface area contributed by atoms with E-state index < -0.39 is 0 Å². The zero-order valence-corrected chi connectivity index (χ0v) is 22.4. The van der Waals surface area contributed by atoms with Gasteiger partial charge in [-0.1, -0.05) is 13.8 Å². The number of carbonyl (C=O) groups is 1. The van der Waals surface area contributed by atoms with Crippen molar-refractivity contribution in [1.82, 2.24) is 24.9 Å². The second-order valence-electron chi connectivity index (χ2n) is 10.6. The van der Waals surface area contributed by atoms with Gasteiger partial charge >= 0.3 is 0 Å². The molecule has 1 aliphatic heterocycles. The van der Waals surface area contributed by atoms with Gasteiger partial charge in [-0.2, -0.15) is 5.10 Å². The Bertz CT molecular complexity index is 780. The first-order chi connectivity index (χ1) is 16.4. The molecule has 1 N–H and O–H groups in total. The Balaban J connectivity index is 1.87. The standard InChI is InChI=1S/C26H47N5O3/c1-7-20(2)25(32)30-14-15-31-23(17-30)24(22(28-31)16-29(4)13-12-27-3)21-8-10-26(11-9-21,18-33-5)19-34-6/h20-21,27H,7-19H2,1-6H3. The van der Waals surface area contributed by atoms with Crippen molar-refractivity contribution in [3.63, 3.8) is 0 Å². The first kappa shape index (κ1) is 27.1. The van der Waals surface area contributed by atoms with Crippen LogP contribution in [0.1, 0.15) is 68.8 Å². The Morgan fingerprint density at radius 1 is 1.24 bits per heavy atom. The van der Waals surface area contributed by atoms with Crippen molar-refractivity contribution in [2.45, 2.75) is 71.5 Å². The SMILES string of the molecule is CCC(C)C(=O)N1CCn2nc(CN(C)CCNC)c(C3CCC(COC)(COC)CC3)c2C1. The molecule has 2 heterocycles. The number of methoxy groups -OCH3 is 2. The third-order valence-electron chi connectivity index (χ3n) is 7.96. The molecule has 1 saturated carbocycles. The molecule has 1 atom stereocenters. The van der Waals surface area contributed by atoms with Crippen LogP contribution in [0.4, 0.5) is 0 Å². The van der Waals surface area contributed by atoms with E-state index in [9.17, 15) is 4.79 Å². The smallest absolute Gasteiger partial charge is 0.225 e. The van der Waals surface area contributed by atoms with Crippen molar-refractivity contribution in [2.75, 3.05) is 61.2 Å². The van der Waals surface area contributed by atoms with Crippen molar-refractivity contribution in [1.29, 1.82) is 0 Å². The fourth-order valence-electron chi connectivity index (χ4n) is 5.75. The number of ether oxygens (including phenoxy) is 2. The van der Waals surface area contributed by atoms with Crippen molar-refractivity contribution in [3.8, 4) is 0 Å². The minimum absolute atomic E-state index is 0.0726. The largest absolute Gasteiger partial charge is 0.384 e. The first-order valence-corrected chi connectivity index (χ1v) is 13.1. The van der Waals surface area contributed by atoms with Crippen LogP contribution in [-0.2, 0) is 33.9 Å². The molecule has 1 aliphatic carbocycles. The van der Waals surface area contributed by atoms with Crippen molar-refractivity contribution < 1.29 is 14.3 Å². The molecule has 8 heteroatoms. The Labute approximate surface area is 206 Å². The number of hydrogen-bond donors (Lipinski definition) is 1. The Hall–Kier alpha value is -1.48. The number of carbonyl (C=O) groups excluding carboxylic acids is 1. The van der Waals surface area contributed by atoms with E-state index in [0.29, 0.717) is 12.5 Å². The number of likely N-dealkylation sites (N-methyl/N-ethyl adjacent to an activating group) is 2. The van der Waals surface area contributed by atoms with Gasteiger partial charge in [0.1, 0.15) is 0 Å². The predicted molar refractivity (Wildman–Crippen MR) is 135 cm³/mol. The number of nitrogens with zero attached hydrogens (tertiary/aromatic N) is 4. The molecule has 0 aromatic carbocycles. The lowest BCUT2D eigenvalue weighted by Crippen LogP contribution is -2.41. The maximum atomic E-state index is 13.0. The highest BCUT2D eigenvalue weighted by atomic mass is 16.5. The van der Waals surface area contributed by atoms with Crippen LogP contribution in [0.15, 0.2) is 0 Å². The molecule has 3 rings (SSSR count). The highest BCUT2D eigenvalue weighted by molar-refractivity contribution is 5.78. The summed E-state index contributed by atoms with van der Waals surface area (Å²) in [4.78, 5) is 17.4. The fraction of sp³-hybridized carbons (Fsp3) is 0.846. The zero-order valence-electron chi connectivity index (χ0n) is 22.4. The van der Waals surface area contributed by atoms with Gasteiger partial charge in [0.2, 0.25) is 5.91 Å². The maximum Gasteiger partial charge on any atom is 0.225 e. The van der Waals surface area contributed by atoms with Crippen LogP contribution in [0, 0.1) is 11.3 Å². The maximum absolute atomic E-state index is 13.0. The van der Waals surface area contributed by atoms with Crippen LogP contribution < -0.4 is 5.32 Å². The fourth-order valence-corrected chi connectivity index (χ4v) is 5.75. The van der Waals surface area contributed by atoms with Crippen molar-refractivity contribution in [3.05, 3.63) is 17.0 Å². The Morgan fingerprint density at radius 3 is 2.50 bits per heavy atom. The van der Waals surface area contributed by atoms with E-state index in [1.807, 2.05) is 14.0 Å². The quantitative estimate of drug-likeness (QED) is 0.499. The molecule has 0 bridgehead atoms. The molecule has 1 aromatic rings. The van der Waals surface area contributed by atoms with Crippen molar-refractivity contribution in [2.24, 2.45) is 11.3 Å². The summed E-state index contributed by atoms with van der Waals surface area (Å²) >= 11 is 0. The molecular formula is C26H47N5O3. The molecule has 0 radical (unpaired) electrons. The van der Waals surface area contributed by atoms with Gasteiger partial charge in [0.05, 0.1) is 37.7 Å². The molecular weight excluding hydrogens is 430 g/mol. The third-order valence-corrected chi connectivity index (χ3v) is 7.96. The van der Waals surface area contributed by atoms with Crippen LogP contribution in [0.3, 0.4) is 0 Å². The lowest BCUT2D eigenvalue weighted by Gasteiger charge is -2.40. The van der Waals surface area contributed by atoms with Gasteiger partial charge < -0.3 is 19.7 Å². The average molecular weight is 478 g/mol. The van der Waals surface area contributed by atoms with Gasteiger partial charge in [-0.15, -0.1) is 0 Å². The Kier molecular flexibility index (Phi) is 9.95. The zero-order chi connectivity index (χ0) is 24.7. The number of nitrogens with one attached hydrogen (secondary N) is 1. The molecule has 194 valence electrons. The number of rotatable bonds is 12. The first-order valence-electron chi connectivity index (χ1n) is 13.1. The van der Waals surface area contributed by atoms with E-state index >= 15 is 0 Å². The number of hydrogen-bond acceptors (Lipinski definition) is 6. The van der Waals surface area contributed by atoms with Crippen LogP contribution in [0.5, 0.6) is 0 Å². The van der Waals surface area contributed by atoms with E-state index in [1.165, 1.54) is 17.0 Å². The van der Waals surface area contributed by atoms with Crippen LogP contribution in [-0.4, -0.2) is 86.7 Å². The molecule has 8 nitrogen and oxygen atoms in total.